The molecule has 0 radical (unpaired) electrons. The molecular formula is C8H18N2. The van der Waals surface area contributed by atoms with Gasteiger partial charge in [0.25, 0.3) is 0 Å². The second kappa shape index (κ2) is 5.15. The van der Waals surface area contributed by atoms with Gasteiger partial charge < -0.3 is 11.1 Å². The number of rotatable bonds is 4. The van der Waals surface area contributed by atoms with Gasteiger partial charge in [0.2, 0.25) is 0 Å². The maximum absolute atomic E-state index is 5.57. The van der Waals surface area contributed by atoms with Crippen LogP contribution in [0.25, 0.3) is 0 Å². The zero-order chi connectivity index (χ0) is 7.98. The monoisotopic (exact) mass is 142 g/mol. The fraction of sp³-hybridized carbons (Fsp3) is 0.750. The van der Waals surface area contributed by atoms with Crippen molar-refractivity contribution in [1.82, 2.24) is 5.32 Å². The zero-order valence-corrected chi connectivity index (χ0v) is 7.15. The smallest absolute Gasteiger partial charge is 0.0237 e. The van der Waals surface area contributed by atoms with Crippen LogP contribution in [0.5, 0.6) is 0 Å². The van der Waals surface area contributed by atoms with E-state index in [9.17, 15) is 0 Å². The van der Waals surface area contributed by atoms with E-state index in [-0.39, 0.29) is 0 Å². The molecule has 0 aromatic heterocycles. The molecule has 0 aliphatic heterocycles. The lowest BCUT2D eigenvalue weighted by molar-refractivity contribution is 0.614. The highest BCUT2D eigenvalue weighted by Gasteiger charge is 1.91. The molecule has 0 fully saturated rings. The van der Waals surface area contributed by atoms with Gasteiger partial charge in [-0.25, -0.2) is 0 Å². The first kappa shape index (κ1) is 9.34. The van der Waals surface area contributed by atoms with E-state index in [1.165, 1.54) is 0 Å². The summed E-state index contributed by atoms with van der Waals surface area (Å²) in [5, 5.41) is 3.20. The fourth-order valence-electron chi connectivity index (χ4n) is 0.469. The van der Waals surface area contributed by atoms with E-state index in [1.807, 2.05) is 13.1 Å². The minimum atomic E-state index is 0.532. The van der Waals surface area contributed by atoms with E-state index in [0.717, 1.165) is 18.5 Å². The van der Waals surface area contributed by atoms with E-state index in [0.29, 0.717) is 6.04 Å². The number of nitrogens with two attached hydrogens (primary N) is 1. The van der Waals surface area contributed by atoms with Crippen LogP contribution in [-0.2, 0) is 0 Å². The largest absolute Gasteiger partial charge is 0.401 e. The number of hydrogen-bond donors (Lipinski definition) is 2. The Morgan fingerprint density at radius 2 is 2.20 bits per heavy atom. The van der Waals surface area contributed by atoms with E-state index in [1.54, 1.807) is 0 Å². The topological polar surface area (TPSA) is 38.0 Å². The standard InChI is InChI=1S/C8H18N2/c1-4-7(3)10-6-8(9)5-2/h6-7,10H,4-5,9H2,1-3H3/b8-6-. The number of hydrogen-bond acceptors (Lipinski definition) is 2. The Morgan fingerprint density at radius 3 is 2.60 bits per heavy atom. The molecule has 1 atom stereocenters. The van der Waals surface area contributed by atoms with Crippen LogP contribution in [0.2, 0.25) is 0 Å². The number of allylic oxidation sites excluding steroid dienone is 1. The highest BCUT2D eigenvalue weighted by molar-refractivity contribution is 4.93. The normalized spacial score (nSPS) is 14.9. The van der Waals surface area contributed by atoms with Gasteiger partial charge in [0.05, 0.1) is 0 Å². The van der Waals surface area contributed by atoms with Crippen molar-refractivity contribution in [2.75, 3.05) is 0 Å². The molecule has 3 N–H and O–H groups in total. The Bertz CT molecular complexity index is 108. The third-order valence-corrected chi connectivity index (χ3v) is 1.57. The fourth-order valence-corrected chi connectivity index (χ4v) is 0.469. The van der Waals surface area contributed by atoms with Gasteiger partial charge in [0.15, 0.2) is 0 Å². The van der Waals surface area contributed by atoms with Crippen molar-refractivity contribution < 1.29 is 0 Å². The van der Waals surface area contributed by atoms with Crippen molar-refractivity contribution in [1.29, 1.82) is 0 Å². The first-order valence-corrected chi connectivity index (χ1v) is 3.91. The molecule has 2 heteroatoms. The summed E-state index contributed by atoms with van der Waals surface area (Å²) in [6.45, 7) is 6.33. The maximum atomic E-state index is 5.57. The van der Waals surface area contributed by atoms with Gasteiger partial charge in [-0.1, -0.05) is 13.8 Å². The first-order chi connectivity index (χ1) is 4.70. The molecule has 0 spiro atoms. The van der Waals surface area contributed by atoms with Crippen molar-refractivity contribution in [3.8, 4) is 0 Å². The van der Waals surface area contributed by atoms with Gasteiger partial charge in [-0.05, 0) is 19.8 Å². The average Bonchev–Trinajstić information content (AvgIpc) is 1.99. The molecule has 0 aliphatic carbocycles. The lowest BCUT2D eigenvalue weighted by Gasteiger charge is -2.08. The quantitative estimate of drug-likeness (QED) is 0.625. The summed E-state index contributed by atoms with van der Waals surface area (Å²) in [7, 11) is 0. The predicted octanol–water partition coefficient (Wildman–Crippen LogP) is 1.58. The molecule has 10 heavy (non-hydrogen) atoms. The third-order valence-electron chi connectivity index (χ3n) is 1.57. The van der Waals surface area contributed by atoms with Crippen molar-refractivity contribution >= 4 is 0 Å². The maximum Gasteiger partial charge on any atom is 0.0237 e. The summed E-state index contributed by atoms with van der Waals surface area (Å²) in [6, 6.07) is 0.532. The summed E-state index contributed by atoms with van der Waals surface area (Å²) >= 11 is 0. The third kappa shape index (κ3) is 4.24. The Hall–Kier alpha value is -0.660. The second-order valence-electron chi connectivity index (χ2n) is 2.55. The molecule has 60 valence electrons. The highest BCUT2D eigenvalue weighted by Crippen LogP contribution is 1.91. The molecule has 1 unspecified atom stereocenters. The SMILES string of the molecule is CC/C(N)=C/NC(C)CC. The van der Waals surface area contributed by atoms with Crippen molar-refractivity contribution in [3.63, 3.8) is 0 Å². The average molecular weight is 142 g/mol. The second-order valence-corrected chi connectivity index (χ2v) is 2.55. The van der Waals surface area contributed by atoms with Gasteiger partial charge in [-0.2, -0.15) is 0 Å². The van der Waals surface area contributed by atoms with E-state index in [4.69, 9.17) is 5.73 Å². The van der Waals surface area contributed by atoms with Crippen LogP contribution >= 0.6 is 0 Å². The summed E-state index contributed by atoms with van der Waals surface area (Å²) in [4.78, 5) is 0. The predicted molar refractivity (Wildman–Crippen MR) is 45.5 cm³/mol. The Morgan fingerprint density at radius 1 is 1.60 bits per heavy atom. The van der Waals surface area contributed by atoms with E-state index in [2.05, 4.69) is 19.2 Å². The molecule has 0 bridgehead atoms. The lowest BCUT2D eigenvalue weighted by atomic mass is 10.2. The van der Waals surface area contributed by atoms with Gasteiger partial charge in [0.1, 0.15) is 0 Å². The molecule has 0 aromatic carbocycles. The molecular weight excluding hydrogens is 124 g/mol. The molecule has 0 heterocycles. The Balaban J connectivity index is 3.50. The summed E-state index contributed by atoms with van der Waals surface area (Å²) in [5.41, 5.74) is 6.49. The molecule has 0 rings (SSSR count). The number of nitrogens with one attached hydrogen (secondary N) is 1. The van der Waals surface area contributed by atoms with Crippen LogP contribution in [-0.4, -0.2) is 6.04 Å². The van der Waals surface area contributed by atoms with Crippen molar-refractivity contribution in [2.24, 2.45) is 5.73 Å². The molecule has 0 saturated heterocycles. The first-order valence-electron chi connectivity index (χ1n) is 3.91. The zero-order valence-electron chi connectivity index (χ0n) is 7.15. The van der Waals surface area contributed by atoms with Crippen molar-refractivity contribution in [3.05, 3.63) is 11.9 Å². The lowest BCUT2D eigenvalue weighted by Crippen LogP contribution is -2.20. The van der Waals surface area contributed by atoms with Crippen LogP contribution in [0, 0.1) is 0 Å². The van der Waals surface area contributed by atoms with Crippen LogP contribution < -0.4 is 11.1 Å². The summed E-state index contributed by atoms with van der Waals surface area (Å²) in [6.07, 6.45) is 3.95. The van der Waals surface area contributed by atoms with Gasteiger partial charge in [0, 0.05) is 17.9 Å². The van der Waals surface area contributed by atoms with Gasteiger partial charge in [-0.15, -0.1) is 0 Å². The van der Waals surface area contributed by atoms with Crippen LogP contribution in [0.4, 0.5) is 0 Å². The minimum absolute atomic E-state index is 0.532. The minimum Gasteiger partial charge on any atom is -0.401 e. The summed E-state index contributed by atoms with van der Waals surface area (Å²) in [5.74, 6) is 0. The summed E-state index contributed by atoms with van der Waals surface area (Å²) < 4.78 is 0. The Kier molecular flexibility index (Phi) is 4.81. The molecule has 2 nitrogen and oxygen atoms in total. The van der Waals surface area contributed by atoms with Gasteiger partial charge in [-0.3, -0.25) is 0 Å². The molecule has 0 aliphatic rings. The van der Waals surface area contributed by atoms with Crippen LogP contribution in [0.15, 0.2) is 11.9 Å². The highest BCUT2D eigenvalue weighted by atomic mass is 14.9. The van der Waals surface area contributed by atoms with E-state index < -0.39 is 0 Å². The van der Waals surface area contributed by atoms with Crippen molar-refractivity contribution in [2.45, 2.75) is 39.7 Å². The van der Waals surface area contributed by atoms with Gasteiger partial charge >= 0.3 is 0 Å². The molecule has 0 saturated carbocycles. The Labute approximate surface area is 63.5 Å². The molecule has 0 amide bonds. The van der Waals surface area contributed by atoms with Crippen LogP contribution in [0.3, 0.4) is 0 Å². The van der Waals surface area contributed by atoms with Crippen LogP contribution in [0.1, 0.15) is 33.6 Å². The molecule has 0 aromatic rings. The van der Waals surface area contributed by atoms with E-state index >= 15 is 0 Å².